The van der Waals surface area contributed by atoms with Gasteiger partial charge in [-0.3, -0.25) is 9.59 Å². The third kappa shape index (κ3) is 3.10. The summed E-state index contributed by atoms with van der Waals surface area (Å²) in [5.74, 6) is -2.15. The van der Waals surface area contributed by atoms with E-state index in [4.69, 9.17) is 9.47 Å². The zero-order valence-corrected chi connectivity index (χ0v) is 17.8. The molecule has 0 spiro atoms. The summed E-state index contributed by atoms with van der Waals surface area (Å²) in [5.41, 5.74) is -1.03. The van der Waals surface area contributed by atoms with Crippen LogP contribution in [-0.4, -0.2) is 66.0 Å². The van der Waals surface area contributed by atoms with E-state index in [9.17, 15) is 24.9 Å². The maximum absolute atomic E-state index is 13.3. The largest absolute Gasteiger partial charge is 0.507 e. The van der Waals surface area contributed by atoms with Crippen LogP contribution >= 0.6 is 0 Å². The zero-order valence-electron chi connectivity index (χ0n) is 17.8. The Hall–Kier alpha value is -1.54. The van der Waals surface area contributed by atoms with Crippen LogP contribution in [0.2, 0.25) is 0 Å². The highest BCUT2D eigenvalue weighted by Gasteiger charge is 2.62. The van der Waals surface area contributed by atoms with Crippen molar-refractivity contribution in [3.05, 3.63) is 22.5 Å². The topological polar surface area (TPSA) is 113 Å². The fraction of sp³-hybridized carbons (Fsp3) is 0.727. The number of methoxy groups -OCH3 is 2. The predicted octanol–water partition coefficient (Wildman–Crippen LogP) is 1.87. The van der Waals surface area contributed by atoms with Gasteiger partial charge in [0.1, 0.15) is 11.9 Å². The monoisotopic (exact) mass is 408 g/mol. The molecule has 1 saturated carbocycles. The van der Waals surface area contributed by atoms with Gasteiger partial charge in [-0.25, -0.2) is 0 Å². The lowest BCUT2D eigenvalue weighted by Gasteiger charge is -2.58. The van der Waals surface area contributed by atoms with Crippen LogP contribution in [0.5, 0.6) is 0 Å². The Labute approximate surface area is 171 Å². The number of hydrogen-bond donors (Lipinski definition) is 3. The number of allylic oxidation sites excluding steroid dienone is 1. The molecule has 0 amide bonds. The number of aliphatic hydroxyl groups excluding tert-OH is 3. The molecule has 0 bridgehead atoms. The number of carbonyl (C=O) groups is 2. The lowest BCUT2D eigenvalue weighted by Crippen LogP contribution is -2.61. The number of fused-ring (bicyclic) bond motifs is 2. The zero-order chi connectivity index (χ0) is 21.7. The minimum Gasteiger partial charge on any atom is -0.507 e. The summed E-state index contributed by atoms with van der Waals surface area (Å²) in [4.78, 5) is 26.3. The number of carbonyl (C=O) groups excluding carboxylic acids is 2. The van der Waals surface area contributed by atoms with Gasteiger partial charge in [0.05, 0.1) is 12.2 Å². The van der Waals surface area contributed by atoms with Gasteiger partial charge < -0.3 is 24.8 Å². The number of Topliss-reactive ketones (excluding diaryl/α,β-unsaturated/α-hetero) is 2. The molecule has 3 aliphatic carbocycles. The first-order valence-corrected chi connectivity index (χ1v) is 10.2. The first-order valence-electron chi connectivity index (χ1n) is 10.2. The summed E-state index contributed by atoms with van der Waals surface area (Å²) >= 11 is 0. The molecule has 29 heavy (non-hydrogen) atoms. The van der Waals surface area contributed by atoms with Gasteiger partial charge in [0.15, 0.2) is 0 Å². The molecule has 3 rings (SSSR count). The minimum absolute atomic E-state index is 0.000120. The van der Waals surface area contributed by atoms with Crippen LogP contribution < -0.4 is 0 Å². The molecular weight excluding hydrogens is 376 g/mol. The second kappa shape index (κ2) is 7.61. The molecule has 0 unspecified atom stereocenters. The van der Waals surface area contributed by atoms with Crippen molar-refractivity contribution in [3.8, 4) is 0 Å². The van der Waals surface area contributed by atoms with Crippen molar-refractivity contribution in [1.29, 1.82) is 0 Å². The van der Waals surface area contributed by atoms with Crippen molar-refractivity contribution in [1.82, 2.24) is 0 Å². The quantitative estimate of drug-likeness (QED) is 0.470. The smallest absolute Gasteiger partial charge is 0.233 e. The Bertz CT molecular complexity index is 782. The summed E-state index contributed by atoms with van der Waals surface area (Å²) in [5, 5.41) is 32.5. The van der Waals surface area contributed by atoms with Crippen LogP contribution in [0.1, 0.15) is 46.5 Å². The average molecular weight is 408 g/mol. The molecule has 162 valence electrons. The molecule has 0 radical (unpaired) electrons. The lowest BCUT2D eigenvalue weighted by molar-refractivity contribution is -0.151. The Kier molecular flexibility index (Phi) is 5.82. The molecule has 7 heteroatoms. The van der Waals surface area contributed by atoms with E-state index in [1.165, 1.54) is 14.2 Å². The molecule has 0 saturated heterocycles. The van der Waals surface area contributed by atoms with Gasteiger partial charge in [0, 0.05) is 55.3 Å². The Morgan fingerprint density at radius 3 is 2.38 bits per heavy atom. The van der Waals surface area contributed by atoms with Gasteiger partial charge in [-0.05, 0) is 25.2 Å². The van der Waals surface area contributed by atoms with Crippen LogP contribution in [0, 0.1) is 16.7 Å². The number of ketones is 2. The SMILES string of the molecule is CO[C@@H](C)CC1=C(O)C2=C(C(=O)C1=O)[C@@]1(C)CCC[C@](C)(CO)[C@@H]1[C@H](O)[C@H]2OC. The van der Waals surface area contributed by atoms with Crippen LogP contribution in [0.4, 0.5) is 0 Å². The highest BCUT2D eigenvalue weighted by Crippen LogP contribution is 2.61. The molecule has 0 heterocycles. The third-order valence-electron chi connectivity index (χ3n) is 7.42. The van der Waals surface area contributed by atoms with E-state index < -0.39 is 40.5 Å². The van der Waals surface area contributed by atoms with Crippen molar-refractivity contribution in [3.63, 3.8) is 0 Å². The van der Waals surface area contributed by atoms with E-state index in [-0.39, 0.29) is 41.6 Å². The standard InChI is InChI=1S/C22H32O7/c1-11(28-4)9-12-15(24)13-14(17(26)16(12)25)22(3)8-6-7-21(2,10-23)20(22)18(27)19(13)29-5/h11,18-20,23-24,27H,6-10H2,1-5H3/t11-,18+,19-,20-,21+,22+/m0/s1. The van der Waals surface area contributed by atoms with Gasteiger partial charge in [-0.2, -0.15) is 0 Å². The number of rotatable bonds is 5. The number of ether oxygens (including phenoxy) is 2. The van der Waals surface area contributed by atoms with Gasteiger partial charge in [0.25, 0.3) is 0 Å². The van der Waals surface area contributed by atoms with E-state index in [2.05, 4.69) is 0 Å². The summed E-state index contributed by atoms with van der Waals surface area (Å²) in [7, 11) is 2.90. The molecule has 6 atom stereocenters. The second-order valence-corrected chi connectivity index (χ2v) is 9.23. The molecule has 0 aromatic heterocycles. The van der Waals surface area contributed by atoms with Crippen LogP contribution in [0.3, 0.4) is 0 Å². The fourth-order valence-corrected chi connectivity index (χ4v) is 5.95. The summed E-state index contributed by atoms with van der Waals surface area (Å²) < 4.78 is 10.8. The first kappa shape index (κ1) is 22.2. The van der Waals surface area contributed by atoms with E-state index in [0.717, 1.165) is 6.42 Å². The van der Waals surface area contributed by atoms with Crippen LogP contribution in [-0.2, 0) is 19.1 Å². The Morgan fingerprint density at radius 2 is 1.83 bits per heavy atom. The van der Waals surface area contributed by atoms with E-state index in [1.807, 2.05) is 13.8 Å². The van der Waals surface area contributed by atoms with Gasteiger partial charge in [-0.15, -0.1) is 0 Å². The summed E-state index contributed by atoms with van der Waals surface area (Å²) in [6, 6.07) is 0. The fourth-order valence-electron chi connectivity index (χ4n) is 5.95. The Balaban J connectivity index is 2.27. The molecule has 0 aliphatic heterocycles. The van der Waals surface area contributed by atoms with Crippen molar-refractivity contribution < 1.29 is 34.4 Å². The van der Waals surface area contributed by atoms with E-state index >= 15 is 0 Å². The Morgan fingerprint density at radius 1 is 1.17 bits per heavy atom. The second-order valence-electron chi connectivity index (χ2n) is 9.23. The maximum atomic E-state index is 13.3. The van der Waals surface area contributed by atoms with Crippen molar-refractivity contribution in [2.45, 2.75) is 64.8 Å². The number of hydrogen-bond acceptors (Lipinski definition) is 7. The number of aliphatic hydroxyl groups is 3. The first-order chi connectivity index (χ1) is 13.6. The molecule has 3 N–H and O–H groups in total. The third-order valence-corrected chi connectivity index (χ3v) is 7.42. The molecular formula is C22H32O7. The normalized spacial score (nSPS) is 38.8. The van der Waals surface area contributed by atoms with Crippen LogP contribution in [0.25, 0.3) is 0 Å². The van der Waals surface area contributed by atoms with Crippen molar-refractivity contribution >= 4 is 11.6 Å². The maximum Gasteiger partial charge on any atom is 0.233 e. The molecule has 0 aromatic carbocycles. The van der Waals surface area contributed by atoms with Gasteiger partial charge in [0.2, 0.25) is 11.6 Å². The molecule has 7 nitrogen and oxygen atoms in total. The van der Waals surface area contributed by atoms with Gasteiger partial charge >= 0.3 is 0 Å². The summed E-state index contributed by atoms with van der Waals surface area (Å²) in [6.45, 7) is 5.35. The minimum atomic E-state index is -1.04. The average Bonchev–Trinajstić information content (AvgIpc) is 2.68. The highest BCUT2D eigenvalue weighted by molar-refractivity contribution is 6.50. The molecule has 0 aromatic rings. The lowest BCUT2D eigenvalue weighted by atomic mass is 9.47. The predicted molar refractivity (Wildman–Crippen MR) is 105 cm³/mol. The van der Waals surface area contributed by atoms with E-state index in [0.29, 0.717) is 12.8 Å². The van der Waals surface area contributed by atoms with Gasteiger partial charge in [-0.1, -0.05) is 20.3 Å². The van der Waals surface area contributed by atoms with Crippen molar-refractivity contribution in [2.75, 3.05) is 20.8 Å². The summed E-state index contributed by atoms with van der Waals surface area (Å²) in [6.07, 6.45) is -0.260. The van der Waals surface area contributed by atoms with Crippen LogP contribution in [0.15, 0.2) is 22.5 Å². The molecule has 1 fully saturated rings. The van der Waals surface area contributed by atoms with E-state index in [1.54, 1.807) is 6.92 Å². The highest BCUT2D eigenvalue weighted by atomic mass is 16.5. The molecule has 3 aliphatic rings. The van der Waals surface area contributed by atoms with Crippen molar-refractivity contribution in [2.24, 2.45) is 16.7 Å².